The summed E-state index contributed by atoms with van der Waals surface area (Å²) in [6.45, 7) is 1.95. The number of methoxy groups -OCH3 is 1. The Kier molecular flexibility index (Phi) is 7.57. The average molecular weight is 470 g/mol. The lowest BCUT2D eigenvalue weighted by atomic mass is 9.78. The summed E-state index contributed by atoms with van der Waals surface area (Å²) in [5, 5.41) is 16.0. The molecule has 0 spiro atoms. The van der Waals surface area contributed by atoms with Crippen LogP contribution in [0.2, 0.25) is 5.02 Å². The second-order valence-corrected chi connectivity index (χ2v) is 8.50. The molecule has 1 aliphatic rings. The number of benzene rings is 2. The first-order valence-electron chi connectivity index (χ1n) is 9.61. The molecule has 164 valence electrons. The summed E-state index contributed by atoms with van der Waals surface area (Å²) < 4.78 is 4.81. The number of hydrogen-bond donors (Lipinski definition) is 2. The molecule has 3 rings (SSSR count). The van der Waals surface area contributed by atoms with Crippen LogP contribution >= 0.6 is 23.4 Å². The number of esters is 1. The zero-order valence-electron chi connectivity index (χ0n) is 17.3. The fraction of sp³-hybridized carbons (Fsp3) is 0.217. The Hall–Kier alpha value is -3.28. The van der Waals surface area contributed by atoms with Gasteiger partial charge in [0.2, 0.25) is 11.8 Å². The van der Waals surface area contributed by atoms with E-state index in [0.717, 1.165) is 17.3 Å². The number of halogens is 1. The van der Waals surface area contributed by atoms with Gasteiger partial charge >= 0.3 is 5.97 Å². The van der Waals surface area contributed by atoms with Gasteiger partial charge in [0.1, 0.15) is 5.92 Å². The average Bonchev–Trinajstić information content (AvgIpc) is 2.78. The van der Waals surface area contributed by atoms with Crippen LogP contribution in [0, 0.1) is 24.2 Å². The molecule has 2 aromatic rings. The fourth-order valence-corrected chi connectivity index (χ4v) is 4.30. The maximum atomic E-state index is 12.8. The fourth-order valence-electron chi connectivity index (χ4n) is 3.32. The van der Waals surface area contributed by atoms with E-state index in [1.807, 2.05) is 19.1 Å². The lowest BCUT2D eigenvalue weighted by molar-refractivity contribution is -0.150. The van der Waals surface area contributed by atoms with Gasteiger partial charge in [0.25, 0.3) is 0 Å². The van der Waals surface area contributed by atoms with Crippen LogP contribution in [0.1, 0.15) is 17.0 Å². The molecule has 0 saturated carbocycles. The van der Waals surface area contributed by atoms with Crippen molar-refractivity contribution in [1.82, 2.24) is 5.32 Å². The third kappa shape index (κ3) is 5.31. The molecule has 9 heteroatoms. The molecule has 2 amide bonds. The summed E-state index contributed by atoms with van der Waals surface area (Å²) in [5.41, 5.74) is 2.46. The standard InChI is InChI=1S/C23H20ClN3O4S/c1-13-3-9-16(10-4-13)26-18(28)12-32-22-17(11-25)19(14-5-7-15(24)8-6-14)20(21(29)27-22)23(30)31-2/h3-10,19-20H,12H2,1-2H3,(H,26,28)(H,27,29). The maximum absolute atomic E-state index is 12.8. The molecular formula is C23H20ClN3O4S. The number of aryl methyl sites for hydroxylation is 1. The number of nitriles is 1. The number of ether oxygens (including phenoxy) is 1. The highest BCUT2D eigenvalue weighted by Gasteiger charge is 2.44. The van der Waals surface area contributed by atoms with Crippen molar-refractivity contribution >= 4 is 46.8 Å². The van der Waals surface area contributed by atoms with Crippen molar-refractivity contribution in [2.75, 3.05) is 18.2 Å². The summed E-state index contributed by atoms with van der Waals surface area (Å²) in [4.78, 5) is 37.6. The number of carbonyl (C=O) groups excluding carboxylic acids is 3. The molecule has 2 aromatic carbocycles. The number of hydrogen-bond acceptors (Lipinski definition) is 6. The highest BCUT2D eigenvalue weighted by Crippen LogP contribution is 2.40. The molecule has 2 N–H and O–H groups in total. The summed E-state index contributed by atoms with van der Waals surface area (Å²) in [7, 11) is 1.18. The smallest absolute Gasteiger partial charge is 0.319 e. The normalized spacial score (nSPS) is 17.9. The van der Waals surface area contributed by atoms with E-state index in [4.69, 9.17) is 16.3 Å². The second-order valence-electron chi connectivity index (χ2n) is 7.08. The lowest BCUT2D eigenvalue weighted by Crippen LogP contribution is -2.44. The number of allylic oxidation sites excluding steroid dienone is 1. The second kappa shape index (κ2) is 10.4. The lowest BCUT2D eigenvalue weighted by Gasteiger charge is -2.30. The predicted octanol–water partition coefficient (Wildman–Crippen LogP) is 3.76. The molecule has 0 bridgehead atoms. The maximum Gasteiger partial charge on any atom is 0.319 e. The van der Waals surface area contributed by atoms with Crippen molar-refractivity contribution in [3.8, 4) is 6.07 Å². The highest BCUT2D eigenvalue weighted by molar-refractivity contribution is 8.03. The molecule has 0 fully saturated rings. The molecule has 0 radical (unpaired) electrons. The van der Waals surface area contributed by atoms with Gasteiger partial charge in [0.15, 0.2) is 0 Å². The molecule has 0 aliphatic carbocycles. The van der Waals surface area contributed by atoms with Gasteiger partial charge in [-0.05, 0) is 36.8 Å². The first-order valence-corrected chi connectivity index (χ1v) is 11.0. The van der Waals surface area contributed by atoms with Gasteiger partial charge < -0.3 is 15.4 Å². The Morgan fingerprint density at radius 1 is 1.19 bits per heavy atom. The zero-order valence-corrected chi connectivity index (χ0v) is 18.9. The summed E-state index contributed by atoms with van der Waals surface area (Å²) in [6.07, 6.45) is 0. The monoisotopic (exact) mass is 469 g/mol. The molecule has 1 aliphatic heterocycles. The van der Waals surface area contributed by atoms with Crippen molar-refractivity contribution in [3.05, 3.63) is 75.3 Å². The Morgan fingerprint density at radius 3 is 2.44 bits per heavy atom. The SMILES string of the molecule is COC(=O)C1C(=O)NC(SCC(=O)Nc2ccc(C)cc2)=C(C#N)C1c1ccc(Cl)cc1. The minimum absolute atomic E-state index is 0.0368. The van der Waals surface area contributed by atoms with E-state index in [1.165, 1.54) is 7.11 Å². The molecule has 2 unspecified atom stereocenters. The Labute approximate surface area is 194 Å². The van der Waals surface area contributed by atoms with E-state index < -0.39 is 23.7 Å². The van der Waals surface area contributed by atoms with Gasteiger partial charge in [-0.1, -0.05) is 53.2 Å². The number of anilines is 1. The first-order chi connectivity index (χ1) is 15.3. The number of nitrogens with one attached hydrogen (secondary N) is 2. The molecular weight excluding hydrogens is 450 g/mol. The minimum Gasteiger partial charge on any atom is -0.468 e. The summed E-state index contributed by atoms with van der Waals surface area (Å²) in [5.74, 6) is -3.78. The van der Waals surface area contributed by atoms with Gasteiger partial charge in [0.05, 0.1) is 29.5 Å². The van der Waals surface area contributed by atoms with Crippen LogP contribution in [0.15, 0.2) is 59.1 Å². The van der Waals surface area contributed by atoms with Gasteiger partial charge in [0, 0.05) is 16.6 Å². The van der Waals surface area contributed by atoms with Crippen LogP contribution in [-0.4, -0.2) is 30.6 Å². The van der Waals surface area contributed by atoms with Gasteiger partial charge in [-0.3, -0.25) is 14.4 Å². The first kappa shape index (κ1) is 23.4. The summed E-state index contributed by atoms with van der Waals surface area (Å²) in [6, 6.07) is 16.0. The Morgan fingerprint density at radius 2 is 1.84 bits per heavy atom. The minimum atomic E-state index is -1.23. The van der Waals surface area contributed by atoms with E-state index in [9.17, 15) is 19.6 Å². The Balaban J connectivity index is 1.87. The van der Waals surface area contributed by atoms with E-state index >= 15 is 0 Å². The van der Waals surface area contributed by atoms with Crippen molar-refractivity contribution in [1.29, 1.82) is 5.26 Å². The van der Waals surface area contributed by atoms with Crippen LogP contribution in [0.3, 0.4) is 0 Å². The molecule has 1 heterocycles. The number of rotatable bonds is 6. The summed E-state index contributed by atoms with van der Waals surface area (Å²) >= 11 is 6.99. The Bertz CT molecular complexity index is 1110. The van der Waals surface area contributed by atoms with Crippen molar-refractivity contribution in [2.45, 2.75) is 12.8 Å². The zero-order chi connectivity index (χ0) is 23.3. The number of nitrogens with zero attached hydrogens (tertiary/aromatic N) is 1. The van der Waals surface area contributed by atoms with Crippen molar-refractivity contribution in [3.63, 3.8) is 0 Å². The number of thioether (sulfide) groups is 1. The van der Waals surface area contributed by atoms with Gasteiger partial charge in [-0.2, -0.15) is 5.26 Å². The van der Waals surface area contributed by atoms with Crippen molar-refractivity contribution < 1.29 is 19.1 Å². The largest absolute Gasteiger partial charge is 0.468 e. The molecule has 32 heavy (non-hydrogen) atoms. The van der Waals surface area contributed by atoms with E-state index in [1.54, 1.807) is 36.4 Å². The molecule has 0 saturated heterocycles. The quantitative estimate of drug-likeness (QED) is 0.492. The van der Waals surface area contributed by atoms with Crippen LogP contribution in [0.5, 0.6) is 0 Å². The number of carbonyl (C=O) groups is 3. The predicted molar refractivity (Wildman–Crippen MR) is 123 cm³/mol. The van der Waals surface area contributed by atoms with Crippen molar-refractivity contribution in [2.24, 2.45) is 5.92 Å². The van der Waals surface area contributed by atoms with E-state index in [0.29, 0.717) is 16.3 Å². The van der Waals surface area contributed by atoms with Crippen LogP contribution < -0.4 is 10.6 Å². The van der Waals surface area contributed by atoms with Crippen LogP contribution in [0.25, 0.3) is 0 Å². The van der Waals surface area contributed by atoms with E-state index in [-0.39, 0.29) is 22.3 Å². The third-order valence-electron chi connectivity index (χ3n) is 4.90. The van der Waals surface area contributed by atoms with Crippen LogP contribution in [-0.2, 0) is 19.1 Å². The van der Waals surface area contributed by atoms with E-state index in [2.05, 4.69) is 16.7 Å². The van der Waals surface area contributed by atoms with Gasteiger partial charge in [-0.15, -0.1) is 0 Å². The topological polar surface area (TPSA) is 108 Å². The number of amides is 2. The van der Waals surface area contributed by atoms with Crippen LogP contribution in [0.4, 0.5) is 5.69 Å². The third-order valence-corrected chi connectivity index (χ3v) is 6.16. The van der Waals surface area contributed by atoms with Gasteiger partial charge in [-0.25, -0.2) is 0 Å². The molecule has 2 atom stereocenters. The molecule has 7 nitrogen and oxygen atoms in total. The molecule has 0 aromatic heterocycles. The highest BCUT2D eigenvalue weighted by atomic mass is 35.5.